The maximum atomic E-state index is 16.4. The predicted octanol–water partition coefficient (Wildman–Crippen LogP) is 7.28. The van der Waals surface area contributed by atoms with Crippen molar-refractivity contribution in [3.8, 4) is 17.2 Å². The van der Waals surface area contributed by atoms with Gasteiger partial charge in [-0.3, -0.25) is 33.6 Å². The molecule has 21 nitrogen and oxygen atoms in total. The molecule has 0 spiro atoms. The van der Waals surface area contributed by atoms with Gasteiger partial charge in [0.05, 0.1) is 38.4 Å². The number of unbranched alkanes of at least 4 members (excludes halogenated alkanes) is 1. The molecule has 5 rings (SSSR count). The number of Topliss-reactive ketones (excluding diaryl/α,β-unsaturated/α-hetero) is 1. The zero-order valence-electron chi connectivity index (χ0n) is 53.6. The Morgan fingerprint density at radius 3 is 2.15 bits per heavy atom. The van der Waals surface area contributed by atoms with Gasteiger partial charge in [0, 0.05) is 52.3 Å². The first-order valence-electron chi connectivity index (χ1n) is 30.1. The summed E-state index contributed by atoms with van der Waals surface area (Å²) in [6, 6.07) is 17.3. The standard InChI is InChI=1S/C67H89FN6O15/c1-14-17-24-51(62(80)70-50(36-44-26-29-45-22-18-19-23-46(45)35-44)63(81)73(11)53(40-88-66(4,5)6)61(79)69-39-57(75)71(9)16-3)72(10)58(76)41-86-47-30-31-49(68)48(38-47)54(32-27-43-28-33-55(84-12)56(37-43)85-13)89-65(83)52-25-20-21-34-74(52)64(82)60(78)67(7,8)42-87-59(77)15-2/h15,18-19,22-23,26,28-31,33,35,37-38,50-54H,2,14,16-17,20-21,24-25,27,32,34,36,39-42H2,1,3-13H3,(H,69,79)(H,70,80)/t50-,51-,52-,53-,54+/m0/s1. The number of benzene rings is 4. The number of esters is 2. The van der Waals surface area contributed by atoms with Crippen LogP contribution in [-0.4, -0.2) is 177 Å². The van der Waals surface area contributed by atoms with Gasteiger partial charge in [-0.1, -0.05) is 74.9 Å². The molecule has 0 radical (unpaired) electrons. The fraction of sp³-hybridized carbons (Fsp3) is 0.507. The van der Waals surface area contributed by atoms with E-state index in [1.54, 1.807) is 52.9 Å². The van der Waals surface area contributed by atoms with Gasteiger partial charge in [0.2, 0.25) is 29.4 Å². The third kappa shape index (κ3) is 20.3. The normalized spacial score (nSPS) is 14.6. The van der Waals surface area contributed by atoms with E-state index in [-0.39, 0.29) is 69.0 Å². The van der Waals surface area contributed by atoms with Crippen molar-refractivity contribution in [1.82, 2.24) is 30.2 Å². The maximum absolute atomic E-state index is 16.4. The number of ketones is 1. The first-order chi connectivity index (χ1) is 42.2. The van der Waals surface area contributed by atoms with Crippen molar-refractivity contribution in [2.24, 2.45) is 5.41 Å². The van der Waals surface area contributed by atoms with E-state index in [1.165, 1.54) is 69.0 Å². The van der Waals surface area contributed by atoms with Crippen LogP contribution >= 0.6 is 0 Å². The Morgan fingerprint density at radius 2 is 1.48 bits per heavy atom. The summed E-state index contributed by atoms with van der Waals surface area (Å²) < 4.78 is 50.7. The Balaban J connectivity index is 1.42. The topological polar surface area (TPSA) is 246 Å². The van der Waals surface area contributed by atoms with Crippen LogP contribution in [0.3, 0.4) is 0 Å². The van der Waals surface area contributed by atoms with Crippen LogP contribution < -0.4 is 24.8 Å². The number of hydrogen-bond acceptors (Lipinski definition) is 15. The molecule has 4 aromatic carbocycles. The average Bonchev–Trinajstić information content (AvgIpc) is 2.16. The van der Waals surface area contributed by atoms with Gasteiger partial charge in [-0.05, 0) is 132 Å². The number of piperidine rings is 1. The van der Waals surface area contributed by atoms with Gasteiger partial charge in [0.15, 0.2) is 18.1 Å². The van der Waals surface area contributed by atoms with Crippen LogP contribution in [0.15, 0.2) is 91.5 Å². The Morgan fingerprint density at radius 1 is 0.787 bits per heavy atom. The lowest BCUT2D eigenvalue weighted by Gasteiger charge is -2.36. The van der Waals surface area contributed by atoms with Gasteiger partial charge in [-0.25, -0.2) is 14.0 Å². The lowest BCUT2D eigenvalue weighted by molar-refractivity contribution is -0.165. The quantitative estimate of drug-likeness (QED) is 0.0277. The molecular formula is C67H89FN6O15. The summed E-state index contributed by atoms with van der Waals surface area (Å²) in [5, 5.41) is 7.43. The molecule has 1 aliphatic rings. The number of carbonyl (C=O) groups excluding carboxylic acids is 9. The summed E-state index contributed by atoms with van der Waals surface area (Å²) in [6.07, 6.45) is 2.24. The molecule has 89 heavy (non-hydrogen) atoms. The molecule has 0 aromatic heterocycles. The molecule has 0 aliphatic carbocycles. The highest BCUT2D eigenvalue weighted by Gasteiger charge is 2.43. The minimum Gasteiger partial charge on any atom is -0.493 e. The number of rotatable bonds is 32. The third-order valence-electron chi connectivity index (χ3n) is 15.6. The van der Waals surface area contributed by atoms with Crippen molar-refractivity contribution >= 4 is 63.9 Å². The Labute approximate surface area is 521 Å². The lowest BCUT2D eigenvalue weighted by atomic mass is 9.87. The minimum absolute atomic E-state index is 0.00388. The minimum atomic E-state index is -1.46. The van der Waals surface area contributed by atoms with Crippen molar-refractivity contribution in [3.05, 3.63) is 114 Å². The van der Waals surface area contributed by atoms with Crippen molar-refractivity contribution in [2.75, 3.05) is 74.8 Å². The van der Waals surface area contributed by atoms with E-state index in [9.17, 15) is 43.2 Å². The number of nitrogens with one attached hydrogen (secondary N) is 2. The second-order valence-corrected chi connectivity index (χ2v) is 23.8. The van der Waals surface area contributed by atoms with Crippen LogP contribution in [0.5, 0.6) is 17.2 Å². The third-order valence-corrected chi connectivity index (χ3v) is 15.6. The molecule has 5 atom stereocenters. The first kappa shape index (κ1) is 71.4. The van der Waals surface area contributed by atoms with Gasteiger partial charge in [-0.2, -0.15) is 0 Å². The van der Waals surface area contributed by atoms with Crippen LogP contribution in [-0.2, 0) is 70.2 Å². The number of aryl methyl sites for hydroxylation is 1. The zero-order chi connectivity index (χ0) is 65.8. The molecule has 6 amide bonds. The van der Waals surface area contributed by atoms with Crippen molar-refractivity contribution in [2.45, 2.75) is 142 Å². The van der Waals surface area contributed by atoms with E-state index in [0.717, 1.165) is 27.8 Å². The van der Waals surface area contributed by atoms with Crippen LogP contribution in [0.1, 0.15) is 116 Å². The van der Waals surface area contributed by atoms with Gasteiger partial charge < -0.3 is 58.7 Å². The Hall–Kier alpha value is -8.40. The van der Waals surface area contributed by atoms with Crippen molar-refractivity contribution < 1.29 is 76.0 Å². The van der Waals surface area contributed by atoms with Crippen LogP contribution in [0.25, 0.3) is 10.8 Å². The summed E-state index contributed by atoms with van der Waals surface area (Å²) in [7, 11) is 7.44. The molecule has 1 fully saturated rings. The van der Waals surface area contributed by atoms with Gasteiger partial charge >= 0.3 is 11.9 Å². The highest BCUT2D eigenvalue weighted by Crippen LogP contribution is 2.34. The first-order valence-corrected chi connectivity index (χ1v) is 30.1. The molecule has 484 valence electrons. The van der Waals surface area contributed by atoms with E-state index < -0.39 is 108 Å². The van der Waals surface area contributed by atoms with Crippen LogP contribution in [0.2, 0.25) is 0 Å². The number of hydrogen-bond donors (Lipinski definition) is 2. The molecular weight excluding hydrogens is 1150 g/mol. The number of likely N-dealkylation sites (tertiary alicyclic amines) is 1. The molecule has 22 heteroatoms. The number of fused-ring (bicyclic) bond motifs is 1. The van der Waals surface area contributed by atoms with Crippen molar-refractivity contribution in [3.63, 3.8) is 0 Å². The SMILES string of the molecule is C=CC(=O)OCC(C)(C)C(=O)C(=O)N1CCCC[C@H]1C(=O)O[C@H](CCc1ccc(OC)c(OC)c1)c1cc(OCC(=O)N(C)[C@@H](CCCC)C(=O)N[C@@H](Cc2ccc3ccccc3c2)C(=O)N(C)[C@@H](COC(C)(C)C)C(=O)NCC(=O)N(C)CC)ccc1F. The van der Waals surface area contributed by atoms with Crippen LogP contribution in [0.4, 0.5) is 4.39 Å². The largest absolute Gasteiger partial charge is 0.493 e. The highest BCUT2D eigenvalue weighted by atomic mass is 19.1. The zero-order valence-corrected chi connectivity index (χ0v) is 53.6. The summed E-state index contributed by atoms with van der Waals surface area (Å²) in [5.74, 6) is -6.38. The number of amides is 6. The molecule has 1 aliphatic heterocycles. The fourth-order valence-electron chi connectivity index (χ4n) is 9.98. The summed E-state index contributed by atoms with van der Waals surface area (Å²) in [6.45, 7) is 14.2. The lowest BCUT2D eigenvalue weighted by Crippen LogP contribution is -2.59. The monoisotopic (exact) mass is 1240 g/mol. The number of halogens is 1. The van der Waals surface area contributed by atoms with E-state index in [0.29, 0.717) is 54.9 Å². The van der Waals surface area contributed by atoms with E-state index in [1.807, 2.05) is 49.4 Å². The van der Waals surface area contributed by atoms with E-state index in [4.69, 9.17) is 28.4 Å². The van der Waals surface area contributed by atoms with Crippen molar-refractivity contribution in [1.29, 1.82) is 0 Å². The summed E-state index contributed by atoms with van der Waals surface area (Å²) in [4.78, 5) is 130. The molecule has 2 N–H and O–H groups in total. The summed E-state index contributed by atoms with van der Waals surface area (Å²) >= 11 is 0. The fourth-order valence-corrected chi connectivity index (χ4v) is 9.98. The summed E-state index contributed by atoms with van der Waals surface area (Å²) in [5.41, 5.74) is -0.905. The van der Waals surface area contributed by atoms with Gasteiger partial charge in [0.25, 0.3) is 11.8 Å². The molecule has 0 bridgehead atoms. The average molecular weight is 1240 g/mol. The predicted molar refractivity (Wildman–Crippen MR) is 332 cm³/mol. The number of likely N-dealkylation sites (N-methyl/N-ethyl adjacent to an activating group) is 3. The second kappa shape index (κ2) is 33.3. The van der Waals surface area contributed by atoms with E-state index >= 15 is 4.39 Å². The molecule has 1 heterocycles. The Kier molecular flexibility index (Phi) is 26.7. The Bertz CT molecular complexity index is 3160. The molecule has 1 saturated heterocycles. The number of carbonyl (C=O) groups is 9. The maximum Gasteiger partial charge on any atom is 0.330 e. The van der Waals surface area contributed by atoms with Gasteiger partial charge in [0.1, 0.15) is 48.4 Å². The highest BCUT2D eigenvalue weighted by molar-refractivity contribution is 6.38. The molecule has 0 saturated carbocycles. The second-order valence-electron chi connectivity index (χ2n) is 23.8. The number of nitrogens with zero attached hydrogens (tertiary/aromatic N) is 4. The van der Waals surface area contributed by atoms with E-state index in [2.05, 4.69) is 17.2 Å². The molecule has 0 unspecified atom stereocenters. The number of ether oxygens (including phenoxy) is 6. The van der Waals surface area contributed by atoms with Crippen LogP contribution in [0, 0.1) is 11.2 Å². The van der Waals surface area contributed by atoms with Gasteiger partial charge in [-0.15, -0.1) is 0 Å². The smallest absolute Gasteiger partial charge is 0.330 e. The number of methoxy groups -OCH3 is 2. The molecule has 4 aromatic rings.